The molecule has 0 saturated heterocycles. The van der Waals surface area contributed by atoms with Crippen molar-refractivity contribution in [2.45, 2.75) is 6.92 Å². The van der Waals surface area contributed by atoms with Crippen molar-refractivity contribution in [2.75, 3.05) is 0 Å². The van der Waals surface area contributed by atoms with Crippen molar-refractivity contribution >= 4 is 18.1 Å². The molecule has 0 heterocycles. The minimum Gasteiger partial charge on any atom is -0.427 e. The molecule has 0 amide bonds. The second kappa shape index (κ2) is 5.50. The minimum atomic E-state index is -0.377. The Hall–Kier alpha value is -2.37. The smallest absolute Gasteiger partial charge is 0.308 e. The highest BCUT2D eigenvalue weighted by molar-refractivity contribution is 5.82. The standard InChI is InChI=1S/C10H12N4O2/c1-7(15)16-9-4-2-3-8(5-9)6-13-14-10(11)12/h2-6H,1H3,(H4,11,12,14). The van der Waals surface area contributed by atoms with Gasteiger partial charge in [0, 0.05) is 6.92 Å². The maximum atomic E-state index is 10.7. The lowest BCUT2D eigenvalue weighted by molar-refractivity contribution is -0.131. The number of benzene rings is 1. The van der Waals surface area contributed by atoms with Crippen molar-refractivity contribution in [1.82, 2.24) is 0 Å². The summed E-state index contributed by atoms with van der Waals surface area (Å²) < 4.78 is 4.90. The minimum absolute atomic E-state index is 0.118. The zero-order valence-corrected chi connectivity index (χ0v) is 8.75. The lowest BCUT2D eigenvalue weighted by Gasteiger charge is -2.00. The van der Waals surface area contributed by atoms with Crippen molar-refractivity contribution < 1.29 is 9.53 Å². The number of carbonyl (C=O) groups is 1. The zero-order chi connectivity index (χ0) is 12.0. The summed E-state index contributed by atoms with van der Waals surface area (Å²) in [6.45, 7) is 1.33. The Morgan fingerprint density at radius 1 is 1.44 bits per heavy atom. The van der Waals surface area contributed by atoms with Crippen LogP contribution in [0.2, 0.25) is 0 Å². The normalized spacial score (nSPS) is 10.1. The van der Waals surface area contributed by atoms with Gasteiger partial charge in [-0.1, -0.05) is 12.1 Å². The predicted molar refractivity (Wildman–Crippen MR) is 61.2 cm³/mol. The first kappa shape index (κ1) is 11.7. The first-order chi connectivity index (χ1) is 7.58. The maximum Gasteiger partial charge on any atom is 0.308 e. The summed E-state index contributed by atoms with van der Waals surface area (Å²) in [5, 5.41) is 7.08. The first-order valence-electron chi connectivity index (χ1n) is 4.48. The van der Waals surface area contributed by atoms with E-state index in [0.29, 0.717) is 5.75 Å². The summed E-state index contributed by atoms with van der Waals surface area (Å²) in [7, 11) is 0. The Morgan fingerprint density at radius 2 is 2.19 bits per heavy atom. The van der Waals surface area contributed by atoms with Crippen LogP contribution in [0.25, 0.3) is 0 Å². The SMILES string of the molecule is CC(=O)Oc1cccc(C=NN=C(N)N)c1. The van der Waals surface area contributed by atoms with Crippen LogP contribution in [0.3, 0.4) is 0 Å². The summed E-state index contributed by atoms with van der Waals surface area (Å²) in [6, 6.07) is 6.82. The van der Waals surface area contributed by atoms with Crippen LogP contribution in [0.15, 0.2) is 34.5 Å². The number of carbonyl (C=O) groups excluding carboxylic acids is 1. The van der Waals surface area contributed by atoms with Crippen molar-refractivity contribution in [2.24, 2.45) is 21.7 Å². The molecule has 1 aromatic carbocycles. The summed E-state index contributed by atoms with van der Waals surface area (Å²) in [5.41, 5.74) is 10.9. The topological polar surface area (TPSA) is 103 Å². The van der Waals surface area contributed by atoms with Crippen LogP contribution in [0.5, 0.6) is 5.75 Å². The van der Waals surface area contributed by atoms with E-state index < -0.39 is 0 Å². The molecule has 0 aliphatic heterocycles. The van der Waals surface area contributed by atoms with Gasteiger partial charge in [0.15, 0.2) is 0 Å². The van der Waals surface area contributed by atoms with Gasteiger partial charge >= 0.3 is 5.97 Å². The van der Waals surface area contributed by atoms with E-state index in [1.807, 2.05) is 0 Å². The van der Waals surface area contributed by atoms with E-state index in [1.54, 1.807) is 24.3 Å². The summed E-state index contributed by atoms with van der Waals surface area (Å²) in [4.78, 5) is 10.7. The van der Waals surface area contributed by atoms with Crippen molar-refractivity contribution in [3.8, 4) is 5.75 Å². The molecule has 0 aromatic heterocycles. The number of guanidine groups is 1. The number of esters is 1. The molecule has 1 aromatic rings. The molecule has 16 heavy (non-hydrogen) atoms. The molecular weight excluding hydrogens is 208 g/mol. The Morgan fingerprint density at radius 3 is 2.81 bits per heavy atom. The molecule has 0 fully saturated rings. The molecule has 0 radical (unpaired) electrons. The van der Waals surface area contributed by atoms with Gasteiger partial charge in [-0.15, -0.1) is 5.10 Å². The second-order valence-corrected chi connectivity index (χ2v) is 2.94. The van der Waals surface area contributed by atoms with Gasteiger partial charge in [-0.3, -0.25) is 4.79 Å². The van der Waals surface area contributed by atoms with Crippen LogP contribution in [0.4, 0.5) is 0 Å². The molecular formula is C10H12N4O2. The van der Waals surface area contributed by atoms with E-state index in [2.05, 4.69) is 10.2 Å². The number of nitrogens with zero attached hydrogens (tertiary/aromatic N) is 2. The predicted octanol–water partition coefficient (Wildman–Crippen LogP) is 0.219. The number of rotatable bonds is 3. The van der Waals surface area contributed by atoms with Gasteiger partial charge in [-0.2, -0.15) is 5.10 Å². The average molecular weight is 220 g/mol. The van der Waals surface area contributed by atoms with Gasteiger partial charge < -0.3 is 16.2 Å². The van der Waals surface area contributed by atoms with Crippen molar-refractivity contribution in [3.63, 3.8) is 0 Å². The number of nitrogens with two attached hydrogens (primary N) is 2. The Balaban J connectivity index is 2.78. The van der Waals surface area contributed by atoms with Crippen LogP contribution in [0, 0.1) is 0 Å². The lowest BCUT2D eigenvalue weighted by Crippen LogP contribution is -2.21. The molecule has 4 N–H and O–H groups in total. The highest BCUT2D eigenvalue weighted by atomic mass is 16.5. The monoisotopic (exact) mass is 220 g/mol. The van der Waals surface area contributed by atoms with Gasteiger partial charge in [0.25, 0.3) is 0 Å². The number of hydrogen-bond acceptors (Lipinski definition) is 4. The number of hydrogen-bond donors (Lipinski definition) is 2. The molecule has 84 valence electrons. The van der Waals surface area contributed by atoms with Gasteiger partial charge in [0.05, 0.1) is 6.21 Å². The first-order valence-corrected chi connectivity index (χ1v) is 4.48. The molecule has 0 aliphatic rings. The second-order valence-electron chi connectivity index (χ2n) is 2.94. The van der Waals surface area contributed by atoms with E-state index in [9.17, 15) is 4.79 Å². The van der Waals surface area contributed by atoms with E-state index in [0.717, 1.165) is 5.56 Å². The average Bonchev–Trinajstić information content (AvgIpc) is 2.16. The Bertz CT molecular complexity index is 436. The summed E-state index contributed by atoms with van der Waals surface area (Å²) in [5.74, 6) is -0.0492. The van der Waals surface area contributed by atoms with Gasteiger partial charge in [0.2, 0.25) is 5.96 Å². The van der Waals surface area contributed by atoms with Gasteiger partial charge in [0.1, 0.15) is 5.75 Å². The third kappa shape index (κ3) is 4.23. The molecule has 0 aliphatic carbocycles. The fourth-order valence-electron chi connectivity index (χ4n) is 0.987. The molecule has 6 nitrogen and oxygen atoms in total. The molecule has 0 bridgehead atoms. The summed E-state index contributed by atoms with van der Waals surface area (Å²) in [6.07, 6.45) is 1.45. The lowest BCUT2D eigenvalue weighted by atomic mass is 10.2. The van der Waals surface area contributed by atoms with Gasteiger partial charge in [-0.05, 0) is 17.7 Å². The van der Waals surface area contributed by atoms with Crippen LogP contribution in [-0.4, -0.2) is 18.1 Å². The Kier molecular flexibility index (Phi) is 4.02. The largest absolute Gasteiger partial charge is 0.427 e. The molecule has 0 saturated carbocycles. The highest BCUT2D eigenvalue weighted by Gasteiger charge is 1.97. The third-order valence-electron chi connectivity index (χ3n) is 1.50. The van der Waals surface area contributed by atoms with E-state index in [-0.39, 0.29) is 11.9 Å². The zero-order valence-electron chi connectivity index (χ0n) is 8.75. The van der Waals surface area contributed by atoms with Gasteiger partial charge in [-0.25, -0.2) is 0 Å². The van der Waals surface area contributed by atoms with E-state index in [4.69, 9.17) is 16.2 Å². The molecule has 0 spiro atoms. The maximum absolute atomic E-state index is 10.7. The molecule has 0 unspecified atom stereocenters. The van der Waals surface area contributed by atoms with Crippen LogP contribution in [-0.2, 0) is 4.79 Å². The van der Waals surface area contributed by atoms with Crippen molar-refractivity contribution in [1.29, 1.82) is 0 Å². The van der Waals surface area contributed by atoms with Crippen LogP contribution in [0.1, 0.15) is 12.5 Å². The third-order valence-corrected chi connectivity index (χ3v) is 1.50. The van der Waals surface area contributed by atoms with E-state index in [1.165, 1.54) is 13.1 Å². The molecule has 1 rings (SSSR count). The highest BCUT2D eigenvalue weighted by Crippen LogP contribution is 2.12. The number of ether oxygens (including phenoxy) is 1. The Labute approximate surface area is 92.6 Å². The fourth-order valence-corrected chi connectivity index (χ4v) is 0.987. The molecule has 6 heteroatoms. The van der Waals surface area contributed by atoms with Crippen LogP contribution < -0.4 is 16.2 Å². The van der Waals surface area contributed by atoms with E-state index >= 15 is 0 Å². The van der Waals surface area contributed by atoms with Crippen LogP contribution >= 0.6 is 0 Å². The fraction of sp³-hybridized carbons (Fsp3) is 0.100. The molecule has 0 atom stereocenters. The van der Waals surface area contributed by atoms with Crippen molar-refractivity contribution in [3.05, 3.63) is 29.8 Å². The summed E-state index contributed by atoms with van der Waals surface area (Å²) >= 11 is 0. The quantitative estimate of drug-likeness (QED) is 0.250.